The first-order valence-electron chi connectivity index (χ1n) is 15.7. The molecule has 0 aliphatic carbocycles. The number of rotatable bonds is 5. The molecule has 1 heterocycles. The molecule has 0 saturated heterocycles. The van der Waals surface area contributed by atoms with E-state index < -0.39 is 0 Å². The molecule has 0 atom stereocenters. The molecule has 0 aliphatic rings. The quantitative estimate of drug-likeness (QED) is 0.199. The van der Waals surface area contributed by atoms with Crippen molar-refractivity contribution < 1.29 is 4.42 Å². The third-order valence-corrected chi connectivity index (χ3v) is 9.03. The lowest BCUT2D eigenvalue weighted by Gasteiger charge is -2.27. The van der Waals surface area contributed by atoms with Crippen LogP contribution in [0.25, 0.3) is 65.7 Å². The molecule has 2 nitrogen and oxygen atoms in total. The second kappa shape index (κ2) is 10.8. The number of benzene rings is 8. The van der Waals surface area contributed by atoms with Gasteiger partial charge in [0.2, 0.25) is 0 Å². The number of anilines is 3. The highest BCUT2D eigenvalue weighted by Crippen LogP contribution is 2.42. The van der Waals surface area contributed by atoms with Gasteiger partial charge in [-0.05, 0) is 86.9 Å². The molecule has 0 saturated carbocycles. The lowest BCUT2D eigenvalue weighted by molar-refractivity contribution is 0.669. The monoisotopic (exact) mass is 587 g/mol. The van der Waals surface area contributed by atoms with Crippen molar-refractivity contribution in [2.75, 3.05) is 4.90 Å². The lowest BCUT2D eigenvalue weighted by atomic mass is 9.95. The van der Waals surface area contributed by atoms with Gasteiger partial charge in [-0.2, -0.15) is 0 Å². The molecule has 0 amide bonds. The fourth-order valence-electron chi connectivity index (χ4n) is 6.85. The summed E-state index contributed by atoms with van der Waals surface area (Å²) in [6.45, 7) is 0. The Morgan fingerprint density at radius 1 is 0.348 bits per heavy atom. The topological polar surface area (TPSA) is 16.4 Å². The van der Waals surface area contributed by atoms with Crippen LogP contribution in [0.5, 0.6) is 0 Å². The summed E-state index contributed by atoms with van der Waals surface area (Å²) in [6, 6.07) is 62.9. The number of hydrogen-bond donors (Lipinski definition) is 0. The molecule has 0 bridgehead atoms. The average molecular weight is 588 g/mol. The summed E-state index contributed by atoms with van der Waals surface area (Å²) in [5.74, 6) is 0. The molecule has 8 aromatic carbocycles. The van der Waals surface area contributed by atoms with Gasteiger partial charge in [-0.25, -0.2) is 0 Å². The van der Waals surface area contributed by atoms with Crippen LogP contribution in [0.4, 0.5) is 17.1 Å². The van der Waals surface area contributed by atoms with E-state index in [-0.39, 0.29) is 0 Å². The zero-order chi connectivity index (χ0) is 30.5. The van der Waals surface area contributed by atoms with Gasteiger partial charge in [0, 0.05) is 27.5 Å². The first-order valence-corrected chi connectivity index (χ1v) is 15.7. The van der Waals surface area contributed by atoms with Crippen LogP contribution < -0.4 is 4.90 Å². The van der Waals surface area contributed by atoms with E-state index in [0.717, 1.165) is 39.0 Å². The first-order chi connectivity index (χ1) is 22.8. The Kier molecular flexibility index (Phi) is 6.17. The molecule has 0 fully saturated rings. The van der Waals surface area contributed by atoms with E-state index in [2.05, 4.69) is 169 Å². The standard InChI is InChI=1S/C44H29NO/c1-3-19-37-30(11-1)13-9-22-38(37)34-17-7-15-32(27-34)33-16-8-18-35(28-33)45(42-23-10-14-31-12-2-4-20-39(31)42)36-25-26-44-41(29-36)40-21-5-6-24-43(40)46-44/h1-29H. The van der Waals surface area contributed by atoms with Gasteiger partial charge in [0.25, 0.3) is 0 Å². The van der Waals surface area contributed by atoms with E-state index in [1.54, 1.807) is 0 Å². The van der Waals surface area contributed by atoms with Gasteiger partial charge in [0.05, 0.1) is 5.69 Å². The van der Waals surface area contributed by atoms with Crippen molar-refractivity contribution in [2.45, 2.75) is 0 Å². The number of hydrogen-bond acceptors (Lipinski definition) is 2. The SMILES string of the molecule is c1cc(-c2cccc(N(c3ccc4oc5ccccc5c4c3)c3cccc4ccccc34)c2)cc(-c2cccc3ccccc23)c1. The summed E-state index contributed by atoms with van der Waals surface area (Å²) in [5.41, 5.74) is 9.90. The largest absolute Gasteiger partial charge is 0.456 e. The summed E-state index contributed by atoms with van der Waals surface area (Å²) >= 11 is 0. The van der Waals surface area contributed by atoms with Crippen molar-refractivity contribution >= 4 is 60.5 Å². The Morgan fingerprint density at radius 2 is 0.935 bits per heavy atom. The van der Waals surface area contributed by atoms with Gasteiger partial charge >= 0.3 is 0 Å². The maximum Gasteiger partial charge on any atom is 0.135 e. The third kappa shape index (κ3) is 4.43. The van der Waals surface area contributed by atoms with Gasteiger partial charge in [0.1, 0.15) is 11.2 Å². The van der Waals surface area contributed by atoms with Crippen LogP contribution in [0, 0.1) is 0 Å². The highest BCUT2D eigenvalue weighted by molar-refractivity contribution is 6.07. The number of para-hydroxylation sites is 1. The van der Waals surface area contributed by atoms with Crippen molar-refractivity contribution in [1.82, 2.24) is 0 Å². The predicted octanol–water partition coefficient (Wildman–Crippen LogP) is 12.7. The van der Waals surface area contributed by atoms with E-state index in [1.165, 1.54) is 43.8 Å². The minimum absolute atomic E-state index is 0.891. The average Bonchev–Trinajstić information content (AvgIpc) is 3.50. The van der Waals surface area contributed by atoms with Crippen LogP contribution in [0.1, 0.15) is 0 Å². The summed E-state index contributed by atoms with van der Waals surface area (Å²) in [7, 11) is 0. The maximum atomic E-state index is 6.20. The van der Waals surface area contributed by atoms with E-state index in [0.29, 0.717) is 0 Å². The molecule has 2 heteroatoms. The maximum absolute atomic E-state index is 6.20. The molecule has 0 N–H and O–H groups in total. The smallest absolute Gasteiger partial charge is 0.135 e. The number of nitrogens with zero attached hydrogens (tertiary/aromatic N) is 1. The molecule has 9 rings (SSSR count). The van der Waals surface area contributed by atoms with Gasteiger partial charge in [-0.1, -0.05) is 127 Å². The molecule has 46 heavy (non-hydrogen) atoms. The summed E-state index contributed by atoms with van der Waals surface area (Å²) in [5, 5.41) is 7.15. The molecular weight excluding hydrogens is 558 g/mol. The summed E-state index contributed by atoms with van der Waals surface area (Å²) in [4.78, 5) is 2.38. The molecule has 9 aromatic rings. The Labute approximate surface area is 267 Å². The number of fused-ring (bicyclic) bond motifs is 5. The van der Waals surface area contributed by atoms with Crippen molar-refractivity contribution in [2.24, 2.45) is 0 Å². The second-order valence-corrected chi connectivity index (χ2v) is 11.8. The van der Waals surface area contributed by atoms with Crippen LogP contribution in [0.15, 0.2) is 180 Å². The van der Waals surface area contributed by atoms with Gasteiger partial charge in [-0.3, -0.25) is 0 Å². The van der Waals surface area contributed by atoms with Crippen molar-refractivity contribution in [1.29, 1.82) is 0 Å². The lowest BCUT2D eigenvalue weighted by Crippen LogP contribution is -2.10. The normalized spacial score (nSPS) is 11.5. The van der Waals surface area contributed by atoms with Gasteiger partial charge in [0.15, 0.2) is 0 Å². The van der Waals surface area contributed by atoms with Gasteiger partial charge < -0.3 is 9.32 Å². The minimum Gasteiger partial charge on any atom is -0.456 e. The van der Waals surface area contributed by atoms with Crippen LogP contribution in [-0.2, 0) is 0 Å². The molecular formula is C44H29NO. The van der Waals surface area contributed by atoms with E-state index in [9.17, 15) is 0 Å². The molecule has 216 valence electrons. The van der Waals surface area contributed by atoms with Crippen LogP contribution in [-0.4, -0.2) is 0 Å². The highest BCUT2D eigenvalue weighted by Gasteiger charge is 2.18. The molecule has 0 unspecified atom stereocenters. The molecule has 1 aromatic heterocycles. The minimum atomic E-state index is 0.891. The van der Waals surface area contributed by atoms with Crippen molar-refractivity contribution in [3.05, 3.63) is 176 Å². The fourth-order valence-corrected chi connectivity index (χ4v) is 6.85. The predicted molar refractivity (Wildman–Crippen MR) is 194 cm³/mol. The van der Waals surface area contributed by atoms with E-state index in [1.807, 2.05) is 12.1 Å². The second-order valence-electron chi connectivity index (χ2n) is 11.8. The highest BCUT2D eigenvalue weighted by atomic mass is 16.3. The van der Waals surface area contributed by atoms with Crippen molar-refractivity contribution in [3.8, 4) is 22.3 Å². The van der Waals surface area contributed by atoms with Crippen molar-refractivity contribution in [3.63, 3.8) is 0 Å². The first kappa shape index (κ1) is 26.3. The molecule has 0 radical (unpaired) electrons. The van der Waals surface area contributed by atoms with Gasteiger partial charge in [-0.15, -0.1) is 0 Å². The Bertz CT molecular complexity index is 2550. The number of furan rings is 1. The Balaban J connectivity index is 1.22. The third-order valence-electron chi connectivity index (χ3n) is 9.03. The Hall–Kier alpha value is -6.12. The molecule has 0 spiro atoms. The van der Waals surface area contributed by atoms with Crippen LogP contribution in [0.3, 0.4) is 0 Å². The summed E-state index contributed by atoms with van der Waals surface area (Å²) in [6.07, 6.45) is 0. The summed E-state index contributed by atoms with van der Waals surface area (Å²) < 4.78 is 6.20. The Morgan fingerprint density at radius 3 is 1.80 bits per heavy atom. The zero-order valence-electron chi connectivity index (χ0n) is 25.1. The van der Waals surface area contributed by atoms with E-state index in [4.69, 9.17) is 4.42 Å². The van der Waals surface area contributed by atoms with Crippen LogP contribution >= 0.6 is 0 Å². The zero-order valence-corrected chi connectivity index (χ0v) is 25.1. The van der Waals surface area contributed by atoms with Crippen LogP contribution in [0.2, 0.25) is 0 Å². The fraction of sp³-hybridized carbons (Fsp3) is 0. The molecule has 0 aliphatic heterocycles. The van der Waals surface area contributed by atoms with E-state index >= 15 is 0 Å².